The van der Waals surface area contributed by atoms with Gasteiger partial charge in [-0.15, -0.1) is 0 Å². The van der Waals surface area contributed by atoms with Crippen LogP contribution in [0.2, 0.25) is 0 Å². The van der Waals surface area contributed by atoms with Crippen molar-refractivity contribution in [2.75, 3.05) is 6.54 Å². The van der Waals surface area contributed by atoms with E-state index >= 15 is 0 Å². The number of nitrogens with zero attached hydrogens (tertiary/aromatic N) is 1. The van der Waals surface area contributed by atoms with Crippen molar-refractivity contribution < 1.29 is 4.79 Å². The number of thiazole rings is 1. The third-order valence-electron chi connectivity index (χ3n) is 3.00. The molecule has 0 radical (unpaired) electrons. The first-order chi connectivity index (χ1) is 9.24. The van der Waals surface area contributed by atoms with Crippen LogP contribution in [0.15, 0.2) is 29.1 Å². The highest BCUT2D eigenvalue weighted by Crippen LogP contribution is 2.15. The number of nitrogens with one attached hydrogen (secondary N) is 1. The maximum atomic E-state index is 12.0. The van der Waals surface area contributed by atoms with Gasteiger partial charge >= 0.3 is 10.9 Å². The first kappa shape index (κ1) is 13.8. The molecule has 1 aromatic heterocycles. The molecule has 0 bridgehead atoms. The van der Waals surface area contributed by atoms with E-state index in [-0.39, 0.29) is 10.9 Å². The van der Waals surface area contributed by atoms with Crippen LogP contribution in [0.25, 0.3) is 10.2 Å². The van der Waals surface area contributed by atoms with Crippen LogP contribution in [0, 0.1) is 0 Å². The topological polar surface area (TPSA) is 51.1 Å². The zero-order valence-corrected chi connectivity index (χ0v) is 11.8. The summed E-state index contributed by atoms with van der Waals surface area (Å²) in [5.41, 5.74) is 0.684. The fourth-order valence-corrected chi connectivity index (χ4v) is 2.86. The summed E-state index contributed by atoms with van der Waals surface area (Å²) in [7, 11) is 0. The molecular weight excluding hydrogens is 260 g/mol. The number of hydrogen-bond donors (Lipinski definition) is 1. The van der Waals surface area contributed by atoms with Gasteiger partial charge in [0.2, 0.25) is 0 Å². The standard InChI is InChI=1S/C14H18N2O2S/c1-2-3-4-7-10-15-13(17)16-11-8-5-6-9-12(11)19-14(16)18/h5-6,8-9H,2-4,7,10H2,1H3,(H,15,17). The van der Waals surface area contributed by atoms with Crippen LogP contribution in [-0.2, 0) is 0 Å². The smallest absolute Gasteiger partial charge is 0.329 e. The van der Waals surface area contributed by atoms with Gasteiger partial charge in [0.15, 0.2) is 0 Å². The molecule has 0 aliphatic heterocycles. The van der Waals surface area contributed by atoms with Crippen molar-refractivity contribution in [2.45, 2.75) is 32.6 Å². The van der Waals surface area contributed by atoms with Crippen molar-refractivity contribution in [3.63, 3.8) is 0 Å². The Morgan fingerprint density at radius 2 is 2.05 bits per heavy atom. The molecule has 0 aliphatic carbocycles. The van der Waals surface area contributed by atoms with Crippen molar-refractivity contribution in [2.24, 2.45) is 0 Å². The largest absolute Gasteiger partial charge is 0.337 e. The van der Waals surface area contributed by atoms with E-state index in [0.717, 1.165) is 28.9 Å². The van der Waals surface area contributed by atoms with Crippen LogP contribution in [0.1, 0.15) is 32.6 Å². The number of para-hydroxylation sites is 1. The molecule has 2 rings (SSSR count). The van der Waals surface area contributed by atoms with Gasteiger partial charge in [-0.1, -0.05) is 49.7 Å². The first-order valence-corrected chi connectivity index (χ1v) is 7.44. The number of aromatic nitrogens is 1. The van der Waals surface area contributed by atoms with Crippen molar-refractivity contribution in [3.05, 3.63) is 33.9 Å². The fraction of sp³-hybridized carbons (Fsp3) is 0.429. The summed E-state index contributed by atoms with van der Waals surface area (Å²) >= 11 is 1.10. The van der Waals surface area contributed by atoms with E-state index in [2.05, 4.69) is 12.2 Å². The Labute approximate surface area is 116 Å². The SMILES string of the molecule is CCCCCCNC(=O)n1c(=O)sc2ccccc21. The molecule has 1 aromatic carbocycles. The molecular formula is C14H18N2O2S. The molecule has 0 atom stereocenters. The predicted molar refractivity (Wildman–Crippen MR) is 79.0 cm³/mol. The maximum Gasteiger partial charge on any atom is 0.329 e. The van der Waals surface area contributed by atoms with Crippen LogP contribution in [0.3, 0.4) is 0 Å². The molecule has 19 heavy (non-hydrogen) atoms. The highest BCUT2D eigenvalue weighted by Gasteiger charge is 2.12. The third-order valence-corrected chi connectivity index (χ3v) is 3.92. The van der Waals surface area contributed by atoms with Gasteiger partial charge in [-0.2, -0.15) is 0 Å². The molecule has 0 spiro atoms. The molecule has 2 aromatic rings. The zero-order chi connectivity index (χ0) is 13.7. The molecule has 0 saturated carbocycles. The third kappa shape index (κ3) is 3.23. The van der Waals surface area contributed by atoms with Crippen LogP contribution >= 0.6 is 11.3 Å². The molecule has 1 N–H and O–H groups in total. The fourth-order valence-electron chi connectivity index (χ4n) is 1.98. The minimum absolute atomic E-state index is 0.229. The Morgan fingerprint density at radius 3 is 2.84 bits per heavy atom. The second-order valence-corrected chi connectivity index (χ2v) is 5.46. The molecule has 5 heteroatoms. The summed E-state index contributed by atoms with van der Waals surface area (Å²) < 4.78 is 2.06. The maximum absolute atomic E-state index is 12.0. The van der Waals surface area contributed by atoms with Crippen LogP contribution in [0.4, 0.5) is 4.79 Å². The van der Waals surface area contributed by atoms with Gasteiger partial charge in [-0.25, -0.2) is 9.36 Å². The molecule has 4 nitrogen and oxygen atoms in total. The zero-order valence-electron chi connectivity index (χ0n) is 11.0. The highest BCUT2D eigenvalue weighted by atomic mass is 32.1. The van der Waals surface area contributed by atoms with E-state index in [1.807, 2.05) is 18.2 Å². The molecule has 0 unspecified atom stereocenters. The minimum atomic E-state index is -0.320. The van der Waals surface area contributed by atoms with Crippen molar-refractivity contribution >= 4 is 27.6 Å². The Hall–Kier alpha value is -1.62. The summed E-state index contributed by atoms with van der Waals surface area (Å²) in [5.74, 6) is 0. The van der Waals surface area contributed by atoms with Gasteiger partial charge in [-0.3, -0.25) is 4.79 Å². The number of carbonyl (C=O) groups is 1. The van der Waals surface area contributed by atoms with Crippen LogP contribution < -0.4 is 10.2 Å². The van der Waals surface area contributed by atoms with E-state index in [1.54, 1.807) is 6.07 Å². The minimum Gasteiger partial charge on any atom is -0.337 e. The average Bonchev–Trinajstić information content (AvgIpc) is 2.74. The molecule has 1 heterocycles. The average molecular weight is 278 g/mol. The van der Waals surface area contributed by atoms with Gasteiger partial charge in [0.05, 0.1) is 10.2 Å². The Balaban J connectivity index is 2.05. The van der Waals surface area contributed by atoms with E-state index in [0.29, 0.717) is 12.1 Å². The van der Waals surface area contributed by atoms with E-state index in [9.17, 15) is 9.59 Å². The van der Waals surface area contributed by atoms with Gasteiger partial charge in [0, 0.05) is 6.54 Å². The van der Waals surface area contributed by atoms with Crippen molar-refractivity contribution in [1.29, 1.82) is 0 Å². The number of carbonyl (C=O) groups excluding carboxylic acids is 1. The summed E-state index contributed by atoms with van der Waals surface area (Å²) in [5, 5.41) is 2.81. The number of rotatable bonds is 5. The Bertz CT molecular complexity index is 615. The van der Waals surface area contributed by atoms with Gasteiger partial charge in [0.1, 0.15) is 0 Å². The monoisotopic (exact) mass is 278 g/mol. The lowest BCUT2D eigenvalue weighted by molar-refractivity contribution is 0.242. The lowest BCUT2D eigenvalue weighted by Gasteiger charge is -2.05. The second kappa shape index (κ2) is 6.52. The molecule has 0 saturated heterocycles. The van der Waals surface area contributed by atoms with Crippen LogP contribution in [0.5, 0.6) is 0 Å². The number of hydrogen-bond acceptors (Lipinski definition) is 3. The predicted octanol–water partition coefficient (Wildman–Crippen LogP) is 3.20. The summed E-state index contributed by atoms with van der Waals surface area (Å²) in [4.78, 5) is 23.6. The summed E-state index contributed by atoms with van der Waals surface area (Å²) in [6, 6.07) is 7.03. The Morgan fingerprint density at radius 1 is 1.26 bits per heavy atom. The normalized spacial score (nSPS) is 10.8. The van der Waals surface area contributed by atoms with Gasteiger partial charge < -0.3 is 5.32 Å². The first-order valence-electron chi connectivity index (χ1n) is 6.63. The number of fused-ring (bicyclic) bond motifs is 1. The lowest BCUT2D eigenvalue weighted by atomic mass is 10.2. The number of benzene rings is 1. The number of amides is 1. The van der Waals surface area contributed by atoms with E-state index < -0.39 is 0 Å². The molecule has 102 valence electrons. The molecule has 0 aliphatic rings. The lowest BCUT2D eigenvalue weighted by Crippen LogP contribution is -2.34. The number of unbranched alkanes of at least 4 members (excludes halogenated alkanes) is 3. The highest BCUT2D eigenvalue weighted by molar-refractivity contribution is 7.16. The summed E-state index contributed by atoms with van der Waals surface area (Å²) in [6.07, 6.45) is 4.41. The van der Waals surface area contributed by atoms with E-state index in [1.165, 1.54) is 17.4 Å². The van der Waals surface area contributed by atoms with E-state index in [4.69, 9.17) is 0 Å². The molecule has 0 fully saturated rings. The van der Waals surface area contributed by atoms with Crippen molar-refractivity contribution in [3.8, 4) is 0 Å². The molecule has 1 amide bonds. The van der Waals surface area contributed by atoms with Crippen LogP contribution in [-0.4, -0.2) is 17.1 Å². The Kier molecular flexibility index (Phi) is 4.74. The van der Waals surface area contributed by atoms with Gasteiger partial charge in [-0.05, 0) is 18.6 Å². The van der Waals surface area contributed by atoms with Crippen molar-refractivity contribution in [1.82, 2.24) is 9.88 Å². The second-order valence-electron chi connectivity index (χ2n) is 4.46. The van der Waals surface area contributed by atoms with Gasteiger partial charge in [0.25, 0.3) is 0 Å². The summed E-state index contributed by atoms with van der Waals surface area (Å²) in [6.45, 7) is 2.77. The quantitative estimate of drug-likeness (QED) is 0.854.